The van der Waals surface area contributed by atoms with Crippen LogP contribution in [0.2, 0.25) is 0 Å². The van der Waals surface area contributed by atoms with E-state index in [1.165, 1.54) is 25.7 Å². The summed E-state index contributed by atoms with van der Waals surface area (Å²) in [6, 6.07) is 5.86. The molecule has 2 rings (SSSR count). The lowest BCUT2D eigenvalue weighted by Crippen LogP contribution is -2.19. The van der Waals surface area contributed by atoms with Gasteiger partial charge in [-0.2, -0.15) is 0 Å². The zero-order valence-electron chi connectivity index (χ0n) is 9.65. The van der Waals surface area contributed by atoms with Gasteiger partial charge < -0.3 is 10.8 Å². The number of benzene rings is 1. The summed E-state index contributed by atoms with van der Waals surface area (Å²) in [5.74, 6) is 0.992. The summed E-state index contributed by atoms with van der Waals surface area (Å²) in [7, 11) is 0. The molecule has 1 aliphatic carbocycles. The van der Waals surface area contributed by atoms with Crippen molar-refractivity contribution < 1.29 is 5.11 Å². The number of hydrogen-bond donors (Lipinski definition) is 2. The molecule has 0 radical (unpaired) electrons. The number of phenolic OH excluding ortho intramolecular Hbond substituents is 1. The van der Waals surface area contributed by atoms with Crippen molar-refractivity contribution in [2.75, 3.05) is 0 Å². The van der Waals surface area contributed by atoms with Gasteiger partial charge in [0.25, 0.3) is 0 Å². The summed E-state index contributed by atoms with van der Waals surface area (Å²) in [6.07, 6.45) is 5.13. The van der Waals surface area contributed by atoms with Gasteiger partial charge in [0.05, 0.1) is 0 Å². The first-order valence-electron chi connectivity index (χ1n) is 5.73. The van der Waals surface area contributed by atoms with E-state index in [-0.39, 0.29) is 18.4 Å². The first-order chi connectivity index (χ1) is 7.18. The van der Waals surface area contributed by atoms with Gasteiger partial charge in [-0.25, -0.2) is 0 Å². The van der Waals surface area contributed by atoms with Crippen LogP contribution in [-0.4, -0.2) is 5.11 Å². The summed E-state index contributed by atoms with van der Waals surface area (Å²) < 4.78 is 0. The monoisotopic (exact) mass is 241 g/mol. The predicted molar refractivity (Wildman–Crippen MR) is 69.0 cm³/mol. The van der Waals surface area contributed by atoms with E-state index in [9.17, 15) is 5.11 Å². The second kappa shape index (κ2) is 5.55. The highest BCUT2D eigenvalue weighted by molar-refractivity contribution is 5.85. The van der Waals surface area contributed by atoms with E-state index >= 15 is 0 Å². The molecule has 1 aromatic carbocycles. The van der Waals surface area contributed by atoms with Gasteiger partial charge in [0, 0.05) is 6.04 Å². The summed E-state index contributed by atoms with van der Waals surface area (Å²) >= 11 is 0. The quantitative estimate of drug-likeness (QED) is 0.835. The Balaban J connectivity index is 0.00000128. The molecular formula is C13H20ClNO. The molecule has 3 N–H and O–H groups in total. The first-order valence-corrected chi connectivity index (χ1v) is 5.73. The van der Waals surface area contributed by atoms with Gasteiger partial charge in [0.15, 0.2) is 0 Å². The lowest BCUT2D eigenvalue weighted by atomic mass is 9.91. The number of hydrogen-bond acceptors (Lipinski definition) is 2. The third kappa shape index (κ3) is 2.69. The van der Waals surface area contributed by atoms with Gasteiger partial charge in [-0.3, -0.25) is 0 Å². The second-order valence-electron chi connectivity index (χ2n) is 4.62. The fourth-order valence-electron chi connectivity index (χ4n) is 2.47. The van der Waals surface area contributed by atoms with Crippen molar-refractivity contribution in [3.05, 3.63) is 29.3 Å². The Labute approximate surface area is 103 Å². The first kappa shape index (κ1) is 13.3. The van der Waals surface area contributed by atoms with Crippen molar-refractivity contribution in [3.8, 4) is 5.75 Å². The molecule has 0 saturated heterocycles. The molecule has 0 aromatic heterocycles. The maximum absolute atomic E-state index is 9.45. The molecule has 1 aromatic rings. The average Bonchev–Trinajstić information content (AvgIpc) is 2.74. The van der Waals surface area contributed by atoms with Gasteiger partial charge in [0.1, 0.15) is 5.75 Å². The Morgan fingerprint density at radius 3 is 2.50 bits per heavy atom. The van der Waals surface area contributed by atoms with Crippen LogP contribution >= 0.6 is 12.4 Å². The molecule has 0 aliphatic heterocycles. The number of aromatic hydroxyl groups is 1. The Morgan fingerprint density at radius 1 is 1.31 bits per heavy atom. The highest BCUT2D eigenvalue weighted by atomic mass is 35.5. The van der Waals surface area contributed by atoms with Crippen molar-refractivity contribution in [1.82, 2.24) is 0 Å². The van der Waals surface area contributed by atoms with Crippen LogP contribution in [0.1, 0.15) is 42.9 Å². The van der Waals surface area contributed by atoms with Crippen LogP contribution in [0.5, 0.6) is 5.75 Å². The lowest BCUT2D eigenvalue weighted by molar-refractivity contribution is 0.442. The standard InChI is InChI=1S/C13H19NO.ClH/c1-9-8-11(6-7-12(9)15)13(14)10-4-2-3-5-10;/h6-8,10,13,15H,2-5,14H2,1H3;1H/t13-;/m1./s1. The predicted octanol–water partition coefficient (Wildman–Crippen LogP) is 3.31. The Kier molecular flexibility index (Phi) is 4.63. The molecule has 0 spiro atoms. The second-order valence-corrected chi connectivity index (χ2v) is 4.62. The SMILES string of the molecule is Cc1cc([C@H](N)C2CCCC2)ccc1O.Cl. The van der Waals surface area contributed by atoms with Gasteiger partial charge in [-0.1, -0.05) is 25.0 Å². The van der Waals surface area contributed by atoms with Crippen LogP contribution in [0.25, 0.3) is 0 Å². The van der Waals surface area contributed by atoms with E-state index in [1.807, 2.05) is 19.1 Å². The van der Waals surface area contributed by atoms with E-state index in [0.717, 1.165) is 11.1 Å². The lowest BCUT2D eigenvalue weighted by Gasteiger charge is -2.19. The maximum Gasteiger partial charge on any atom is 0.118 e. The molecule has 0 unspecified atom stereocenters. The highest BCUT2D eigenvalue weighted by Crippen LogP contribution is 2.35. The fraction of sp³-hybridized carbons (Fsp3) is 0.538. The number of phenols is 1. The number of halogens is 1. The van der Waals surface area contributed by atoms with Crippen LogP contribution in [0.4, 0.5) is 0 Å². The number of nitrogens with two attached hydrogens (primary N) is 1. The van der Waals surface area contributed by atoms with Gasteiger partial charge in [-0.15, -0.1) is 12.4 Å². The molecule has 1 atom stereocenters. The summed E-state index contributed by atoms with van der Waals surface area (Å²) in [5.41, 5.74) is 8.32. The molecule has 1 saturated carbocycles. The topological polar surface area (TPSA) is 46.2 Å². The molecule has 16 heavy (non-hydrogen) atoms. The number of aryl methyl sites for hydroxylation is 1. The van der Waals surface area contributed by atoms with E-state index in [0.29, 0.717) is 11.7 Å². The molecule has 1 fully saturated rings. The van der Waals surface area contributed by atoms with Gasteiger partial charge in [-0.05, 0) is 42.9 Å². The minimum absolute atomic E-state index is 0. The molecule has 0 bridgehead atoms. The van der Waals surface area contributed by atoms with Crippen LogP contribution < -0.4 is 5.73 Å². The van der Waals surface area contributed by atoms with Crippen LogP contribution in [-0.2, 0) is 0 Å². The van der Waals surface area contributed by atoms with Gasteiger partial charge in [0.2, 0.25) is 0 Å². The van der Waals surface area contributed by atoms with Crippen LogP contribution in [0.15, 0.2) is 18.2 Å². The van der Waals surface area contributed by atoms with Crippen molar-refractivity contribution >= 4 is 12.4 Å². The third-order valence-electron chi connectivity index (χ3n) is 3.51. The smallest absolute Gasteiger partial charge is 0.118 e. The largest absolute Gasteiger partial charge is 0.508 e. The molecule has 90 valence electrons. The van der Waals surface area contributed by atoms with E-state index < -0.39 is 0 Å². The third-order valence-corrected chi connectivity index (χ3v) is 3.51. The molecule has 2 nitrogen and oxygen atoms in total. The summed E-state index contributed by atoms with van der Waals surface area (Å²) in [6.45, 7) is 1.92. The van der Waals surface area contributed by atoms with E-state index in [1.54, 1.807) is 6.07 Å². The molecule has 1 aliphatic rings. The molecule has 3 heteroatoms. The number of rotatable bonds is 2. The highest BCUT2D eigenvalue weighted by Gasteiger charge is 2.23. The zero-order chi connectivity index (χ0) is 10.8. The van der Waals surface area contributed by atoms with Crippen molar-refractivity contribution in [2.24, 2.45) is 11.7 Å². The molecular weight excluding hydrogens is 222 g/mol. The van der Waals surface area contributed by atoms with E-state index in [4.69, 9.17) is 5.73 Å². The van der Waals surface area contributed by atoms with Crippen LogP contribution in [0.3, 0.4) is 0 Å². The zero-order valence-corrected chi connectivity index (χ0v) is 10.5. The van der Waals surface area contributed by atoms with Gasteiger partial charge >= 0.3 is 0 Å². The molecule has 0 heterocycles. The van der Waals surface area contributed by atoms with Crippen LogP contribution in [0, 0.1) is 12.8 Å². The Morgan fingerprint density at radius 2 is 1.94 bits per heavy atom. The van der Waals surface area contributed by atoms with Crippen molar-refractivity contribution in [2.45, 2.75) is 38.6 Å². The molecule has 0 amide bonds. The summed E-state index contributed by atoms with van der Waals surface area (Å²) in [5, 5.41) is 9.45. The minimum Gasteiger partial charge on any atom is -0.508 e. The van der Waals surface area contributed by atoms with Crippen molar-refractivity contribution in [3.63, 3.8) is 0 Å². The van der Waals surface area contributed by atoms with Crippen molar-refractivity contribution in [1.29, 1.82) is 0 Å². The van der Waals surface area contributed by atoms with E-state index in [2.05, 4.69) is 0 Å². The normalized spacial score (nSPS) is 18.1. The minimum atomic E-state index is 0. The Bertz CT molecular complexity index is 348. The summed E-state index contributed by atoms with van der Waals surface area (Å²) in [4.78, 5) is 0. The average molecular weight is 242 g/mol. The fourth-order valence-corrected chi connectivity index (χ4v) is 2.47. The Hall–Kier alpha value is -0.730. The maximum atomic E-state index is 9.45.